The Morgan fingerprint density at radius 2 is 1.75 bits per heavy atom. The Kier molecular flexibility index (Phi) is 4.84. The number of methoxy groups -OCH3 is 3. The highest BCUT2D eigenvalue weighted by Gasteiger charge is 2.29. The van der Waals surface area contributed by atoms with Gasteiger partial charge in [-0.05, 0) is 30.0 Å². The zero-order valence-corrected chi connectivity index (χ0v) is 12.1. The number of benzene rings is 1. The van der Waals surface area contributed by atoms with Gasteiger partial charge in [0.15, 0.2) is 0 Å². The monoisotopic (exact) mass is 279 g/mol. The lowest BCUT2D eigenvalue weighted by Crippen LogP contribution is -2.39. The standard InChI is InChI=1S/C15H21NO4/c1-18-13-5-10(6-14(7-13)19-2)11-4-12(9-16-8-11)15(17)20-3/h5-7,11-12,16H,4,8-9H2,1-3H3. The van der Waals surface area contributed by atoms with E-state index in [0.717, 1.165) is 30.0 Å². The lowest BCUT2D eigenvalue weighted by atomic mass is 9.85. The molecule has 0 radical (unpaired) electrons. The number of rotatable bonds is 4. The van der Waals surface area contributed by atoms with Gasteiger partial charge in [0.1, 0.15) is 11.5 Å². The molecule has 1 aliphatic heterocycles. The summed E-state index contributed by atoms with van der Waals surface area (Å²) in [5.41, 5.74) is 1.11. The molecule has 5 nitrogen and oxygen atoms in total. The van der Waals surface area contributed by atoms with E-state index < -0.39 is 0 Å². The van der Waals surface area contributed by atoms with Crippen molar-refractivity contribution in [3.05, 3.63) is 23.8 Å². The minimum Gasteiger partial charge on any atom is -0.497 e. The Morgan fingerprint density at radius 3 is 2.30 bits per heavy atom. The van der Waals surface area contributed by atoms with Crippen molar-refractivity contribution in [3.63, 3.8) is 0 Å². The maximum atomic E-state index is 11.7. The van der Waals surface area contributed by atoms with Crippen LogP contribution >= 0.6 is 0 Å². The Bertz CT molecular complexity index is 453. The zero-order chi connectivity index (χ0) is 14.5. The summed E-state index contributed by atoms with van der Waals surface area (Å²) >= 11 is 0. The Balaban J connectivity index is 2.19. The summed E-state index contributed by atoms with van der Waals surface area (Å²) in [7, 11) is 4.70. The van der Waals surface area contributed by atoms with E-state index in [9.17, 15) is 4.79 Å². The predicted molar refractivity (Wildman–Crippen MR) is 75.3 cm³/mol. The smallest absolute Gasteiger partial charge is 0.309 e. The van der Waals surface area contributed by atoms with Crippen molar-refractivity contribution in [1.82, 2.24) is 5.32 Å². The molecule has 1 saturated heterocycles. The Hall–Kier alpha value is -1.75. The van der Waals surface area contributed by atoms with Gasteiger partial charge >= 0.3 is 5.97 Å². The van der Waals surface area contributed by atoms with Crippen LogP contribution in [0.4, 0.5) is 0 Å². The van der Waals surface area contributed by atoms with Gasteiger partial charge in [0.2, 0.25) is 0 Å². The molecule has 2 unspecified atom stereocenters. The first-order valence-corrected chi connectivity index (χ1v) is 6.69. The van der Waals surface area contributed by atoms with Crippen LogP contribution in [0.5, 0.6) is 11.5 Å². The summed E-state index contributed by atoms with van der Waals surface area (Å²) in [6, 6.07) is 5.83. The fraction of sp³-hybridized carbons (Fsp3) is 0.533. The van der Waals surface area contributed by atoms with Gasteiger partial charge in [-0.2, -0.15) is 0 Å². The minimum absolute atomic E-state index is 0.101. The average Bonchev–Trinajstić information content (AvgIpc) is 2.53. The molecule has 0 bridgehead atoms. The van der Waals surface area contributed by atoms with Crippen LogP contribution < -0.4 is 14.8 Å². The van der Waals surface area contributed by atoms with Crippen molar-refractivity contribution < 1.29 is 19.0 Å². The topological polar surface area (TPSA) is 56.8 Å². The first-order chi connectivity index (χ1) is 9.67. The van der Waals surface area contributed by atoms with Crippen LogP contribution in [0, 0.1) is 5.92 Å². The molecule has 0 aromatic heterocycles. The molecule has 2 rings (SSSR count). The molecular weight excluding hydrogens is 258 g/mol. The zero-order valence-electron chi connectivity index (χ0n) is 12.1. The highest BCUT2D eigenvalue weighted by atomic mass is 16.5. The quantitative estimate of drug-likeness (QED) is 0.848. The van der Waals surface area contributed by atoms with Crippen LogP contribution in [0.1, 0.15) is 17.9 Å². The number of nitrogens with one attached hydrogen (secondary N) is 1. The van der Waals surface area contributed by atoms with Crippen LogP contribution in [0.25, 0.3) is 0 Å². The number of carbonyl (C=O) groups is 1. The second-order valence-corrected chi connectivity index (χ2v) is 4.96. The summed E-state index contributed by atoms with van der Waals surface area (Å²) in [5.74, 6) is 1.52. The molecule has 110 valence electrons. The molecule has 1 aromatic carbocycles. The molecule has 1 aromatic rings. The number of hydrogen-bond acceptors (Lipinski definition) is 5. The highest BCUT2D eigenvalue weighted by Crippen LogP contribution is 2.32. The lowest BCUT2D eigenvalue weighted by Gasteiger charge is -2.29. The van der Waals surface area contributed by atoms with E-state index in [2.05, 4.69) is 5.32 Å². The van der Waals surface area contributed by atoms with Gasteiger partial charge in [0, 0.05) is 19.2 Å². The minimum atomic E-state index is -0.155. The fourth-order valence-electron chi connectivity index (χ4n) is 2.61. The number of esters is 1. The SMILES string of the molecule is COC(=O)C1CNCC(c2cc(OC)cc(OC)c2)C1. The molecule has 5 heteroatoms. The maximum absolute atomic E-state index is 11.7. The molecule has 0 amide bonds. The van der Waals surface area contributed by atoms with Crippen molar-refractivity contribution >= 4 is 5.97 Å². The van der Waals surface area contributed by atoms with Gasteiger partial charge in [-0.15, -0.1) is 0 Å². The van der Waals surface area contributed by atoms with E-state index in [0.29, 0.717) is 6.54 Å². The number of ether oxygens (including phenoxy) is 3. The molecule has 0 aliphatic carbocycles. The maximum Gasteiger partial charge on any atom is 0.309 e. The van der Waals surface area contributed by atoms with E-state index in [4.69, 9.17) is 14.2 Å². The van der Waals surface area contributed by atoms with E-state index >= 15 is 0 Å². The fourth-order valence-corrected chi connectivity index (χ4v) is 2.61. The Morgan fingerprint density at radius 1 is 1.10 bits per heavy atom. The summed E-state index contributed by atoms with van der Waals surface area (Å²) in [4.78, 5) is 11.7. The first-order valence-electron chi connectivity index (χ1n) is 6.69. The average molecular weight is 279 g/mol. The van der Waals surface area contributed by atoms with Crippen LogP contribution in [0.3, 0.4) is 0 Å². The number of carbonyl (C=O) groups excluding carboxylic acids is 1. The molecule has 1 aliphatic rings. The van der Waals surface area contributed by atoms with Gasteiger partial charge < -0.3 is 19.5 Å². The number of hydrogen-bond donors (Lipinski definition) is 1. The molecule has 1 fully saturated rings. The molecule has 20 heavy (non-hydrogen) atoms. The summed E-state index contributed by atoms with van der Waals surface area (Å²) in [6.45, 7) is 1.51. The van der Waals surface area contributed by atoms with Crippen molar-refractivity contribution in [3.8, 4) is 11.5 Å². The second kappa shape index (κ2) is 6.61. The largest absolute Gasteiger partial charge is 0.497 e. The summed E-state index contributed by atoms with van der Waals surface area (Å²) in [6.07, 6.45) is 0.774. The van der Waals surface area contributed by atoms with Crippen LogP contribution in [-0.2, 0) is 9.53 Å². The molecule has 1 heterocycles. The number of piperidine rings is 1. The van der Waals surface area contributed by atoms with Gasteiger partial charge in [-0.1, -0.05) is 0 Å². The molecule has 0 saturated carbocycles. The van der Waals surface area contributed by atoms with E-state index in [1.165, 1.54) is 7.11 Å². The van der Waals surface area contributed by atoms with Gasteiger partial charge in [0.25, 0.3) is 0 Å². The van der Waals surface area contributed by atoms with Crippen molar-refractivity contribution in [1.29, 1.82) is 0 Å². The Labute approximate surface area is 119 Å². The van der Waals surface area contributed by atoms with E-state index in [1.54, 1.807) is 14.2 Å². The summed E-state index contributed by atoms with van der Waals surface area (Å²) < 4.78 is 15.4. The first kappa shape index (κ1) is 14.7. The van der Waals surface area contributed by atoms with Gasteiger partial charge in [-0.25, -0.2) is 0 Å². The van der Waals surface area contributed by atoms with Crippen LogP contribution in [-0.4, -0.2) is 40.4 Å². The van der Waals surface area contributed by atoms with Gasteiger partial charge in [-0.3, -0.25) is 4.79 Å². The van der Waals surface area contributed by atoms with E-state index in [-0.39, 0.29) is 17.8 Å². The molecule has 0 spiro atoms. The van der Waals surface area contributed by atoms with Crippen molar-refractivity contribution in [2.75, 3.05) is 34.4 Å². The van der Waals surface area contributed by atoms with Crippen LogP contribution in [0.15, 0.2) is 18.2 Å². The summed E-state index contributed by atoms with van der Waals surface area (Å²) in [5, 5.41) is 3.29. The highest BCUT2D eigenvalue weighted by molar-refractivity contribution is 5.72. The van der Waals surface area contributed by atoms with Crippen molar-refractivity contribution in [2.24, 2.45) is 5.92 Å². The van der Waals surface area contributed by atoms with E-state index in [1.807, 2.05) is 18.2 Å². The normalized spacial score (nSPS) is 22.1. The molecule has 2 atom stereocenters. The lowest BCUT2D eigenvalue weighted by molar-refractivity contribution is -0.146. The predicted octanol–water partition coefficient (Wildman–Crippen LogP) is 1.57. The third-order valence-corrected chi connectivity index (χ3v) is 3.73. The third kappa shape index (κ3) is 3.22. The second-order valence-electron chi connectivity index (χ2n) is 4.96. The molecule has 1 N–H and O–H groups in total. The van der Waals surface area contributed by atoms with Crippen molar-refractivity contribution in [2.45, 2.75) is 12.3 Å². The van der Waals surface area contributed by atoms with Gasteiger partial charge in [0.05, 0.1) is 27.2 Å². The molecular formula is C15H21NO4. The van der Waals surface area contributed by atoms with Crippen LogP contribution in [0.2, 0.25) is 0 Å². The third-order valence-electron chi connectivity index (χ3n) is 3.73.